The van der Waals surface area contributed by atoms with Gasteiger partial charge >= 0.3 is 12.4 Å². The van der Waals surface area contributed by atoms with Crippen molar-refractivity contribution in [3.05, 3.63) is 151 Å². The number of nitrogens with zero attached hydrogens (tertiary/aromatic N) is 4. The molecule has 0 radical (unpaired) electrons. The lowest BCUT2D eigenvalue weighted by atomic mass is 9.88. The molecule has 4 aliphatic rings. The zero-order chi connectivity index (χ0) is 48.9. The highest BCUT2D eigenvalue weighted by atomic mass is 19.4. The number of hydrogen-bond acceptors (Lipinski definition) is 8. The fraction of sp³-hybridized carbons (Fsp3) is 0.440. The Bertz CT molecular complexity index is 2400. The molecule has 68 heavy (non-hydrogen) atoms. The topological polar surface area (TPSA) is 149 Å². The van der Waals surface area contributed by atoms with Crippen LogP contribution >= 0.6 is 0 Å². The number of halogens is 6. The van der Waals surface area contributed by atoms with E-state index < -0.39 is 86.1 Å². The molecule has 4 aliphatic heterocycles. The molecule has 2 fully saturated rings. The van der Waals surface area contributed by atoms with Crippen LogP contribution in [0.3, 0.4) is 0 Å². The van der Waals surface area contributed by atoms with Gasteiger partial charge in [-0.2, -0.15) is 26.3 Å². The van der Waals surface area contributed by atoms with Crippen LogP contribution in [-0.4, -0.2) is 91.7 Å². The van der Waals surface area contributed by atoms with Crippen molar-refractivity contribution in [3.63, 3.8) is 0 Å². The third kappa shape index (κ3) is 10.7. The zero-order valence-corrected chi connectivity index (χ0v) is 37.7. The number of fused-ring (bicyclic) bond motifs is 6. The second kappa shape index (κ2) is 21.2. The number of benzene rings is 2. The Kier molecular flexibility index (Phi) is 15.6. The molecule has 2 saturated heterocycles. The molecule has 0 bridgehead atoms. The quantitative estimate of drug-likeness (QED) is 0.109. The third-order valence-electron chi connectivity index (χ3n) is 13.6. The molecule has 2 aromatic heterocycles. The second-order valence-corrected chi connectivity index (χ2v) is 17.7. The number of nitrogens with one attached hydrogen (secondary N) is 2. The van der Waals surface area contributed by atoms with E-state index >= 15 is 0 Å². The molecular weight excluding hydrogens is 895 g/mol. The summed E-state index contributed by atoms with van der Waals surface area (Å²) < 4.78 is 82.3. The van der Waals surface area contributed by atoms with Crippen LogP contribution in [0.25, 0.3) is 12.2 Å². The van der Waals surface area contributed by atoms with E-state index in [4.69, 9.17) is 0 Å². The maximum absolute atomic E-state index is 13.2. The molecule has 0 spiro atoms. The van der Waals surface area contributed by atoms with Crippen LogP contribution < -0.4 is 21.8 Å². The highest BCUT2D eigenvalue weighted by Crippen LogP contribution is 2.51. The van der Waals surface area contributed by atoms with Crippen molar-refractivity contribution in [1.29, 1.82) is 0 Å². The maximum atomic E-state index is 13.2. The Balaban J connectivity index is 0.000000201. The van der Waals surface area contributed by atoms with Gasteiger partial charge in [0.25, 0.3) is 11.1 Å². The average Bonchev–Trinajstić information content (AvgIpc) is 4.05. The van der Waals surface area contributed by atoms with Crippen molar-refractivity contribution >= 4 is 24.0 Å². The number of aliphatic hydroxyl groups is 2. The summed E-state index contributed by atoms with van der Waals surface area (Å²) in [7, 11) is 0. The first-order valence-electron chi connectivity index (χ1n) is 22.7. The van der Waals surface area contributed by atoms with Gasteiger partial charge < -0.3 is 30.0 Å². The molecule has 0 saturated carbocycles. The number of hydrogen-bond donors (Lipinski definition) is 4. The number of alkyl halides is 6. The Morgan fingerprint density at radius 2 is 0.971 bits per heavy atom. The minimum Gasteiger partial charge on any atom is -0.396 e. The molecule has 0 unspecified atom stereocenters. The fourth-order valence-corrected chi connectivity index (χ4v) is 10.7. The molecule has 2 aromatic carbocycles. The third-order valence-corrected chi connectivity index (χ3v) is 13.6. The van der Waals surface area contributed by atoms with Gasteiger partial charge in [-0.05, 0) is 49.2 Å². The molecule has 4 N–H and O–H groups in total. The van der Waals surface area contributed by atoms with Gasteiger partial charge in [-0.3, -0.25) is 29.0 Å². The number of aliphatic hydroxyl groups excluding tert-OH is 2. The summed E-state index contributed by atoms with van der Waals surface area (Å²) in [5.74, 6) is -2.73. The highest BCUT2D eigenvalue weighted by Gasteiger charge is 2.57. The van der Waals surface area contributed by atoms with Gasteiger partial charge in [0.2, 0.25) is 11.8 Å². The first-order valence-corrected chi connectivity index (χ1v) is 22.7. The summed E-state index contributed by atoms with van der Waals surface area (Å²) >= 11 is 0. The molecule has 6 heterocycles. The van der Waals surface area contributed by atoms with E-state index in [9.17, 15) is 55.7 Å². The predicted molar refractivity (Wildman–Crippen MR) is 243 cm³/mol. The van der Waals surface area contributed by atoms with Crippen molar-refractivity contribution < 1.29 is 46.1 Å². The van der Waals surface area contributed by atoms with Crippen molar-refractivity contribution in [2.24, 2.45) is 23.7 Å². The Hall–Kier alpha value is -5.82. The van der Waals surface area contributed by atoms with Gasteiger partial charge in [0.15, 0.2) is 0 Å². The summed E-state index contributed by atoms with van der Waals surface area (Å²) in [4.78, 5) is 55.5. The summed E-state index contributed by atoms with van der Waals surface area (Å²) in [6.45, 7) is 3.05. The van der Waals surface area contributed by atoms with E-state index in [1.54, 1.807) is 71.6 Å². The van der Waals surface area contributed by atoms with Gasteiger partial charge in [-0.15, -0.1) is 0 Å². The maximum Gasteiger partial charge on any atom is 0.390 e. The van der Waals surface area contributed by atoms with Crippen molar-refractivity contribution in [2.75, 3.05) is 26.3 Å². The van der Waals surface area contributed by atoms with Crippen LogP contribution in [-0.2, 0) is 35.8 Å². The Labute approximate surface area is 389 Å². The molecule has 2 amide bonds. The van der Waals surface area contributed by atoms with Crippen molar-refractivity contribution in [2.45, 2.75) is 89.4 Å². The average molecular weight is 951 g/mol. The van der Waals surface area contributed by atoms with Gasteiger partial charge in [0.05, 0.1) is 37.0 Å². The van der Waals surface area contributed by atoms with Crippen LogP contribution in [0.5, 0.6) is 0 Å². The lowest BCUT2D eigenvalue weighted by molar-refractivity contribution is -0.143. The first-order chi connectivity index (χ1) is 32.5. The molecule has 8 rings (SSSR count). The minimum atomic E-state index is -4.40. The molecular formula is C50H56F6N6O6. The number of carbonyl (C=O) groups excluding carboxylic acids is 2. The van der Waals surface area contributed by atoms with Crippen LogP contribution in [0.4, 0.5) is 26.3 Å². The standard InChI is InChI=1S/2C25H28F3N3O3/c2*1-2-6-17-9-10-20-21-18(14-31(20)24(17)34)19(15-32)22(30(21)12-11-25(26,27)28)23(33)29-13-16-7-4-3-5-8-16/h2*2-10,18-19,21-22,32H,11-15H2,1H3,(H,29,33)/b6-2+;6-2-/t2*18-,19-,21+,22-/m11/s1. The molecule has 364 valence electrons. The van der Waals surface area contributed by atoms with E-state index in [0.29, 0.717) is 22.5 Å². The van der Waals surface area contributed by atoms with Crippen LogP contribution in [0.2, 0.25) is 0 Å². The molecule has 12 nitrogen and oxygen atoms in total. The zero-order valence-electron chi connectivity index (χ0n) is 37.7. The predicted octanol–water partition coefficient (Wildman–Crippen LogP) is 6.23. The fourth-order valence-electron chi connectivity index (χ4n) is 10.7. The minimum absolute atomic E-state index is 0.220. The normalized spacial score (nSPS) is 24.4. The van der Waals surface area contributed by atoms with Crippen molar-refractivity contribution in [3.8, 4) is 0 Å². The number of allylic oxidation sites excluding steroid dienone is 2. The smallest absolute Gasteiger partial charge is 0.390 e. The van der Waals surface area contributed by atoms with Crippen LogP contribution in [0.1, 0.15) is 72.4 Å². The van der Waals surface area contributed by atoms with E-state index in [1.165, 1.54) is 9.80 Å². The highest BCUT2D eigenvalue weighted by molar-refractivity contribution is 5.83. The summed E-state index contributed by atoms with van der Waals surface area (Å²) in [5, 5.41) is 26.1. The van der Waals surface area contributed by atoms with Gasteiger partial charge in [0.1, 0.15) is 0 Å². The van der Waals surface area contributed by atoms with E-state index in [0.717, 1.165) is 11.1 Å². The summed E-state index contributed by atoms with van der Waals surface area (Å²) in [5.41, 5.74) is 3.45. The molecule has 4 aromatic rings. The number of pyridine rings is 2. The number of amides is 2. The number of carbonyl (C=O) groups is 2. The first kappa shape index (κ1) is 50.1. The molecule has 18 heteroatoms. The summed E-state index contributed by atoms with van der Waals surface area (Å²) in [6.07, 6.45) is -4.09. The van der Waals surface area contributed by atoms with Gasteiger partial charge in [-0.25, -0.2) is 0 Å². The second-order valence-electron chi connectivity index (χ2n) is 17.7. The number of aromatic nitrogens is 2. The largest absolute Gasteiger partial charge is 0.396 e. The SMILES string of the molecule is C/C=C/c1ccc2n(c1=O)C[C@@H]1[C@@H](CO)[C@H](C(=O)NCc3ccccc3)N(CCC(F)(F)F)[C@H]21.C/C=C\c1ccc2n(c1=O)C[C@@H]1[C@@H](CO)[C@H](C(=O)NCc3ccccc3)N(CCC(F)(F)F)[C@H]21. The van der Waals surface area contributed by atoms with Crippen molar-refractivity contribution in [1.82, 2.24) is 29.6 Å². The van der Waals surface area contributed by atoms with E-state index in [-0.39, 0.29) is 62.3 Å². The van der Waals surface area contributed by atoms with E-state index in [2.05, 4.69) is 10.6 Å². The summed E-state index contributed by atoms with van der Waals surface area (Å²) in [6, 6.07) is 22.3. The van der Waals surface area contributed by atoms with Crippen LogP contribution in [0.15, 0.2) is 107 Å². The Morgan fingerprint density at radius 3 is 1.29 bits per heavy atom. The lowest BCUT2D eigenvalue weighted by Crippen LogP contribution is -2.49. The Morgan fingerprint density at radius 1 is 0.603 bits per heavy atom. The van der Waals surface area contributed by atoms with Crippen LogP contribution in [0, 0.1) is 23.7 Å². The number of rotatable bonds is 14. The monoisotopic (exact) mass is 950 g/mol. The lowest BCUT2D eigenvalue weighted by Gasteiger charge is -2.31. The van der Waals surface area contributed by atoms with Gasteiger partial charge in [-0.1, -0.05) is 85.0 Å². The molecule has 8 atom stereocenters. The van der Waals surface area contributed by atoms with Gasteiger partial charge in [0, 0.05) is 98.7 Å². The van der Waals surface area contributed by atoms with E-state index in [1.807, 2.05) is 60.7 Å². The number of likely N-dealkylation sites (tertiary alicyclic amines) is 2. The molecule has 0 aliphatic carbocycles.